The Hall–Kier alpha value is -2.34. The summed E-state index contributed by atoms with van der Waals surface area (Å²) in [6.07, 6.45) is 3.22. The Balaban J connectivity index is 1.00. The van der Waals surface area contributed by atoms with Gasteiger partial charge < -0.3 is 9.80 Å². The molecular formula is C27H33N7O2S2. The van der Waals surface area contributed by atoms with Gasteiger partial charge in [-0.2, -0.15) is 17.6 Å². The predicted molar refractivity (Wildman–Crippen MR) is 151 cm³/mol. The molecule has 3 saturated heterocycles. The summed E-state index contributed by atoms with van der Waals surface area (Å²) >= 11 is 6.75. The van der Waals surface area contributed by atoms with Crippen molar-refractivity contribution in [2.45, 2.75) is 55.1 Å². The van der Waals surface area contributed by atoms with Crippen LogP contribution in [-0.4, -0.2) is 82.6 Å². The maximum Gasteiger partial charge on any atom is 0.243 e. The van der Waals surface area contributed by atoms with E-state index in [0.717, 1.165) is 69.8 Å². The molecule has 0 saturated carbocycles. The highest BCUT2D eigenvalue weighted by Crippen LogP contribution is 2.41. The number of amides is 2. The van der Waals surface area contributed by atoms with E-state index in [1.54, 1.807) is 0 Å². The smallest absolute Gasteiger partial charge is 0.243 e. The van der Waals surface area contributed by atoms with E-state index in [9.17, 15) is 9.59 Å². The fourth-order valence-electron chi connectivity index (χ4n) is 6.17. The second kappa shape index (κ2) is 10.0. The van der Waals surface area contributed by atoms with Crippen LogP contribution in [0.2, 0.25) is 0 Å². The van der Waals surface area contributed by atoms with E-state index in [1.165, 1.54) is 33.7 Å². The van der Waals surface area contributed by atoms with Gasteiger partial charge in [-0.25, -0.2) is 4.98 Å². The molecule has 0 aliphatic carbocycles. The third kappa shape index (κ3) is 4.47. The van der Waals surface area contributed by atoms with Crippen LogP contribution in [-0.2, 0) is 29.1 Å². The number of imide groups is 1. The highest BCUT2D eigenvalue weighted by atomic mass is 32.2. The Morgan fingerprint density at radius 3 is 2.63 bits per heavy atom. The highest BCUT2D eigenvalue weighted by Gasteiger charge is 2.39. The van der Waals surface area contributed by atoms with E-state index in [-0.39, 0.29) is 23.2 Å². The number of thiol groups is 1. The summed E-state index contributed by atoms with van der Waals surface area (Å²) in [7, 11) is 0. The van der Waals surface area contributed by atoms with Crippen LogP contribution in [0, 0.1) is 0 Å². The van der Waals surface area contributed by atoms with Crippen molar-refractivity contribution < 1.29 is 9.59 Å². The largest absolute Gasteiger partial charge is 0.353 e. The minimum absolute atomic E-state index is 0.125. The number of piperidine rings is 1. The van der Waals surface area contributed by atoms with Crippen molar-refractivity contribution in [3.8, 4) is 0 Å². The molecule has 1 aromatic heterocycles. The maximum absolute atomic E-state index is 12.4. The molecule has 2 atom stereocenters. The molecule has 1 N–H and O–H groups in total. The molecule has 7 rings (SSSR count). The molecular weight excluding hydrogens is 518 g/mol. The molecule has 11 heteroatoms. The lowest BCUT2D eigenvalue weighted by Crippen LogP contribution is -2.51. The third-order valence-corrected chi connectivity index (χ3v) is 10.2. The Kier molecular flexibility index (Phi) is 6.50. The van der Waals surface area contributed by atoms with Crippen LogP contribution >= 0.6 is 24.4 Å². The van der Waals surface area contributed by atoms with E-state index in [0.29, 0.717) is 19.4 Å². The van der Waals surface area contributed by atoms with Gasteiger partial charge in [0.1, 0.15) is 5.82 Å². The minimum atomic E-state index is -0.304. The Bertz CT molecular complexity index is 1280. The summed E-state index contributed by atoms with van der Waals surface area (Å²) in [5, 5.41) is 2.36. The van der Waals surface area contributed by atoms with Crippen LogP contribution in [0.25, 0.3) is 0 Å². The minimum Gasteiger partial charge on any atom is -0.353 e. The lowest BCUT2D eigenvalue weighted by molar-refractivity contribution is -0.137. The number of nitrogens with one attached hydrogen (secondary N) is 1. The van der Waals surface area contributed by atoms with Crippen LogP contribution in [0.4, 0.5) is 11.8 Å². The molecule has 6 heterocycles. The lowest BCUT2D eigenvalue weighted by atomic mass is 10.0. The SMILES string of the molecule is O=C1CCC(N2Cc3cc(CN4CCN(c5nc(N6CCC6)nc6c5SCC6)CC4)ccc3C2S)C(=O)N1. The zero-order valence-corrected chi connectivity index (χ0v) is 23.1. The van der Waals surface area contributed by atoms with Crippen LogP contribution in [0.1, 0.15) is 47.0 Å². The number of carbonyl (C=O) groups excluding carboxylic acids is 2. The van der Waals surface area contributed by atoms with E-state index >= 15 is 0 Å². The van der Waals surface area contributed by atoms with Gasteiger partial charge in [-0.1, -0.05) is 18.2 Å². The molecule has 200 valence electrons. The number of benzene rings is 1. The maximum atomic E-state index is 12.4. The molecule has 38 heavy (non-hydrogen) atoms. The number of anilines is 2. The molecule has 0 radical (unpaired) electrons. The van der Waals surface area contributed by atoms with Gasteiger partial charge in [0.05, 0.1) is 22.0 Å². The van der Waals surface area contributed by atoms with Gasteiger partial charge in [-0.3, -0.25) is 24.7 Å². The first kappa shape index (κ1) is 24.7. The monoisotopic (exact) mass is 551 g/mol. The quantitative estimate of drug-likeness (QED) is 0.429. The molecule has 5 aliphatic heterocycles. The van der Waals surface area contributed by atoms with Crippen LogP contribution in [0.15, 0.2) is 23.1 Å². The van der Waals surface area contributed by atoms with Crippen molar-refractivity contribution in [1.82, 2.24) is 25.1 Å². The van der Waals surface area contributed by atoms with Gasteiger partial charge in [0.25, 0.3) is 0 Å². The van der Waals surface area contributed by atoms with Crippen molar-refractivity contribution >= 4 is 48.0 Å². The van der Waals surface area contributed by atoms with Crippen molar-refractivity contribution in [1.29, 1.82) is 0 Å². The number of thioether (sulfide) groups is 1. The number of aromatic nitrogens is 2. The summed E-state index contributed by atoms with van der Waals surface area (Å²) in [4.78, 5) is 44.7. The fraction of sp³-hybridized carbons (Fsp3) is 0.556. The van der Waals surface area contributed by atoms with Crippen molar-refractivity contribution in [3.63, 3.8) is 0 Å². The number of carbonyl (C=O) groups is 2. The molecule has 1 aromatic carbocycles. The Labute approximate surface area is 232 Å². The molecule has 3 fully saturated rings. The lowest BCUT2D eigenvalue weighted by Gasteiger charge is -2.37. The summed E-state index contributed by atoms with van der Waals surface area (Å²) in [6, 6.07) is 6.35. The van der Waals surface area contributed by atoms with Crippen LogP contribution in [0.5, 0.6) is 0 Å². The molecule has 0 spiro atoms. The normalized spacial score (nSPS) is 25.8. The van der Waals surface area contributed by atoms with Gasteiger partial charge in [0.15, 0.2) is 0 Å². The van der Waals surface area contributed by atoms with E-state index in [2.05, 4.69) is 43.1 Å². The molecule has 5 aliphatic rings. The average molecular weight is 552 g/mol. The summed E-state index contributed by atoms with van der Waals surface area (Å²) in [5.74, 6) is 2.79. The molecule has 2 unspecified atom stereocenters. The van der Waals surface area contributed by atoms with Crippen molar-refractivity contribution in [3.05, 3.63) is 40.6 Å². The van der Waals surface area contributed by atoms with Crippen molar-refractivity contribution in [2.24, 2.45) is 0 Å². The van der Waals surface area contributed by atoms with E-state index in [4.69, 9.17) is 22.6 Å². The second-order valence-electron chi connectivity index (χ2n) is 10.9. The number of hydrogen-bond donors (Lipinski definition) is 2. The highest BCUT2D eigenvalue weighted by molar-refractivity contribution is 7.99. The topological polar surface area (TPSA) is 84.9 Å². The van der Waals surface area contributed by atoms with Crippen LogP contribution in [0.3, 0.4) is 0 Å². The Morgan fingerprint density at radius 1 is 1.03 bits per heavy atom. The summed E-state index contributed by atoms with van der Waals surface area (Å²) in [5.41, 5.74) is 4.93. The van der Waals surface area contributed by atoms with Gasteiger partial charge in [-0.05, 0) is 29.5 Å². The van der Waals surface area contributed by atoms with Gasteiger partial charge in [0, 0.05) is 71.0 Å². The molecule has 2 aromatic rings. The van der Waals surface area contributed by atoms with Gasteiger partial charge in [-0.15, -0.1) is 11.8 Å². The predicted octanol–water partition coefficient (Wildman–Crippen LogP) is 2.21. The molecule has 0 bridgehead atoms. The first-order valence-electron chi connectivity index (χ1n) is 13.7. The summed E-state index contributed by atoms with van der Waals surface area (Å²) < 4.78 is 0. The van der Waals surface area contributed by atoms with E-state index in [1.807, 2.05) is 11.8 Å². The number of aryl methyl sites for hydroxylation is 1. The fourth-order valence-corrected chi connectivity index (χ4v) is 7.79. The van der Waals surface area contributed by atoms with Gasteiger partial charge in [0.2, 0.25) is 17.8 Å². The van der Waals surface area contributed by atoms with Crippen LogP contribution < -0.4 is 15.1 Å². The first-order valence-corrected chi connectivity index (χ1v) is 15.2. The zero-order chi connectivity index (χ0) is 25.8. The number of hydrogen-bond acceptors (Lipinski definition) is 10. The molecule has 9 nitrogen and oxygen atoms in total. The first-order chi connectivity index (χ1) is 18.5. The second-order valence-corrected chi connectivity index (χ2v) is 12.5. The number of piperazine rings is 1. The number of fused-ring (bicyclic) bond motifs is 2. The average Bonchev–Trinajstić information content (AvgIpc) is 3.47. The van der Waals surface area contributed by atoms with E-state index < -0.39 is 0 Å². The summed E-state index contributed by atoms with van der Waals surface area (Å²) in [6.45, 7) is 7.67. The Morgan fingerprint density at radius 2 is 1.87 bits per heavy atom. The number of nitrogens with zero attached hydrogens (tertiary/aromatic N) is 6. The van der Waals surface area contributed by atoms with Gasteiger partial charge >= 0.3 is 0 Å². The van der Waals surface area contributed by atoms with Crippen molar-refractivity contribution in [2.75, 3.05) is 54.8 Å². The number of rotatable bonds is 5. The standard InChI is InChI=1S/C27H33N7O2S2/c35-22-5-4-21(25(36)29-22)34-16-18-14-17(2-3-19(18)26(34)37)15-31-9-11-32(12-10-31)24-23-20(6-13-38-23)28-27(30-24)33-7-1-8-33/h2-3,14,21,26,37H,1,4-13,15-16H2,(H,29,35,36). The third-order valence-electron chi connectivity index (χ3n) is 8.47. The zero-order valence-electron chi connectivity index (χ0n) is 21.4. The molecule has 2 amide bonds.